The van der Waals surface area contributed by atoms with Crippen molar-refractivity contribution >= 4 is 17.0 Å². The lowest BCUT2D eigenvalue weighted by atomic mass is 10.1. The smallest absolute Gasteiger partial charge is 0.209 e. The van der Waals surface area contributed by atoms with Gasteiger partial charge in [-0.15, -0.1) is 0 Å². The van der Waals surface area contributed by atoms with E-state index in [-0.39, 0.29) is 17.5 Å². The maximum atomic E-state index is 13.6. The maximum absolute atomic E-state index is 13.6. The molecule has 0 fully saturated rings. The number of aliphatic hydroxyl groups is 1. The molecule has 3 aromatic rings. The first-order chi connectivity index (χ1) is 11.8. The number of nitrogen functional groups attached to an aromatic ring is 1. The summed E-state index contributed by atoms with van der Waals surface area (Å²) in [6, 6.07) is 6.18. The molecule has 1 aromatic carbocycles. The number of halogens is 1. The van der Waals surface area contributed by atoms with Crippen LogP contribution in [0.1, 0.15) is 26.6 Å². The third-order valence-corrected chi connectivity index (χ3v) is 3.50. The molecule has 0 spiro atoms. The van der Waals surface area contributed by atoms with Gasteiger partial charge in [-0.3, -0.25) is 0 Å². The normalized spacial score (nSPS) is 11.4. The maximum Gasteiger partial charge on any atom is 0.209 e. The summed E-state index contributed by atoms with van der Waals surface area (Å²) in [5.41, 5.74) is 6.44. The molecule has 2 aromatic heterocycles. The lowest BCUT2D eigenvalue weighted by molar-refractivity contribution is 0.143. The highest BCUT2D eigenvalue weighted by atomic mass is 19.1. The molecule has 0 saturated heterocycles. The van der Waals surface area contributed by atoms with Gasteiger partial charge in [0.2, 0.25) is 5.82 Å². The summed E-state index contributed by atoms with van der Waals surface area (Å²) in [4.78, 5) is 13.0. The average molecular weight is 339 g/mol. The number of aryl methyl sites for hydroxylation is 1. The molecular weight excluding hydrogens is 321 g/mol. The van der Waals surface area contributed by atoms with E-state index < -0.39 is 5.60 Å². The number of aromatic nitrogens is 4. The summed E-state index contributed by atoms with van der Waals surface area (Å²) < 4.78 is 15.4. The Morgan fingerprint density at radius 2 is 2.04 bits per heavy atom. The number of hydrogen-bond donors (Lipinski definition) is 2. The van der Waals surface area contributed by atoms with E-state index in [1.54, 1.807) is 26.0 Å². The van der Waals surface area contributed by atoms with Gasteiger partial charge in [0.25, 0.3) is 0 Å². The molecule has 0 atom stereocenters. The lowest BCUT2D eigenvalue weighted by Crippen LogP contribution is -2.14. The Balaban J connectivity index is 2.22. The van der Waals surface area contributed by atoms with E-state index in [4.69, 9.17) is 5.73 Å². The summed E-state index contributed by atoms with van der Waals surface area (Å²) in [6.07, 6.45) is 0. The van der Waals surface area contributed by atoms with Gasteiger partial charge in [-0.25, -0.2) is 19.3 Å². The van der Waals surface area contributed by atoms with Crippen LogP contribution >= 0.6 is 0 Å². The van der Waals surface area contributed by atoms with Crippen molar-refractivity contribution in [2.75, 3.05) is 5.73 Å². The molecule has 7 heteroatoms. The second-order valence-electron chi connectivity index (χ2n) is 6.10. The molecule has 3 N–H and O–H groups in total. The van der Waals surface area contributed by atoms with Crippen molar-refractivity contribution in [2.24, 2.45) is 0 Å². The number of nitrogens with two attached hydrogens (primary N) is 1. The molecule has 0 bridgehead atoms. The van der Waals surface area contributed by atoms with Gasteiger partial charge in [0.1, 0.15) is 17.2 Å². The minimum Gasteiger partial charge on any atom is -0.382 e. The van der Waals surface area contributed by atoms with Crippen LogP contribution in [-0.2, 0) is 6.54 Å². The van der Waals surface area contributed by atoms with Gasteiger partial charge >= 0.3 is 0 Å². The number of imidazole rings is 1. The summed E-state index contributed by atoms with van der Waals surface area (Å²) in [5, 5.41) is 9.73. The molecule has 0 aliphatic heterocycles. The Hall–Kier alpha value is -2.98. The molecule has 3 rings (SSSR count). The van der Waals surface area contributed by atoms with E-state index in [0.29, 0.717) is 29.1 Å². The number of fused-ring (bicyclic) bond motifs is 1. The molecule has 0 saturated carbocycles. The number of nitrogens with zero attached hydrogens (tertiary/aromatic N) is 4. The van der Waals surface area contributed by atoms with Crippen LogP contribution in [0.3, 0.4) is 0 Å². The van der Waals surface area contributed by atoms with Crippen molar-refractivity contribution < 1.29 is 9.50 Å². The zero-order chi connectivity index (χ0) is 18.2. The second kappa shape index (κ2) is 6.15. The molecule has 128 valence electrons. The van der Waals surface area contributed by atoms with Crippen LogP contribution in [0.15, 0.2) is 24.3 Å². The Morgan fingerprint density at radius 1 is 1.28 bits per heavy atom. The van der Waals surface area contributed by atoms with Crippen LogP contribution in [0.5, 0.6) is 0 Å². The molecular formula is C18H18FN5O. The van der Waals surface area contributed by atoms with Crippen LogP contribution in [-0.4, -0.2) is 30.2 Å². The highest BCUT2D eigenvalue weighted by Crippen LogP contribution is 2.26. The Bertz CT molecular complexity index is 1010. The molecule has 0 aliphatic rings. The minimum absolute atomic E-state index is 0.190. The highest BCUT2D eigenvalue weighted by Gasteiger charge is 2.17. The first-order valence-corrected chi connectivity index (χ1v) is 7.83. The molecule has 0 amide bonds. The number of benzene rings is 1. The summed E-state index contributed by atoms with van der Waals surface area (Å²) in [5.74, 6) is 5.99. The van der Waals surface area contributed by atoms with Crippen molar-refractivity contribution in [3.63, 3.8) is 0 Å². The fourth-order valence-corrected chi connectivity index (χ4v) is 2.43. The topological polar surface area (TPSA) is 89.9 Å². The first-order valence-electron chi connectivity index (χ1n) is 7.83. The fourth-order valence-electron chi connectivity index (χ4n) is 2.43. The third kappa shape index (κ3) is 3.44. The fraction of sp³-hybridized carbons (Fsp3) is 0.278. The predicted molar refractivity (Wildman–Crippen MR) is 94.0 cm³/mol. The van der Waals surface area contributed by atoms with Crippen molar-refractivity contribution in [3.8, 4) is 23.2 Å². The Kier molecular flexibility index (Phi) is 4.15. The monoisotopic (exact) mass is 339 g/mol. The minimum atomic E-state index is -1.16. The van der Waals surface area contributed by atoms with Gasteiger partial charge in [0.05, 0.1) is 0 Å². The summed E-state index contributed by atoms with van der Waals surface area (Å²) in [6.45, 7) is 5.64. The second-order valence-corrected chi connectivity index (χ2v) is 6.10. The highest BCUT2D eigenvalue weighted by molar-refractivity contribution is 5.85. The summed E-state index contributed by atoms with van der Waals surface area (Å²) in [7, 11) is 0. The van der Waals surface area contributed by atoms with Crippen LogP contribution in [0, 0.1) is 17.7 Å². The van der Waals surface area contributed by atoms with E-state index in [9.17, 15) is 9.50 Å². The van der Waals surface area contributed by atoms with Gasteiger partial charge in [-0.2, -0.15) is 0 Å². The molecule has 25 heavy (non-hydrogen) atoms. The average Bonchev–Trinajstić information content (AvgIpc) is 2.91. The van der Waals surface area contributed by atoms with Gasteiger partial charge in [0.15, 0.2) is 17.0 Å². The van der Waals surface area contributed by atoms with Crippen molar-refractivity contribution in [3.05, 3.63) is 35.9 Å². The van der Waals surface area contributed by atoms with Gasteiger partial charge in [-0.1, -0.05) is 18.1 Å². The molecule has 0 aliphatic carbocycles. The standard InChI is InChI=1S/C18H18FN5O/c1-4-24-16(11-6-5-7-12(19)10-11)23-14-15(20)21-13(22-17(14)24)8-9-18(2,3)25/h5-7,10,25H,4H2,1-3H3,(H2,20,21,22). The van der Waals surface area contributed by atoms with Gasteiger partial charge in [0, 0.05) is 12.1 Å². The van der Waals surface area contributed by atoms with Crippen LogP contribution in [0.25, 0.3) is 22.6 Å². The predicted octanol–water partition coefficient (Wildman–Crippen LogP) is 2.36. The molecule has 6 nitrogen and oxygen atoms in total. The number of hydrogen-bond acceptors (Lipinski definition) is 5. The van der Waals surface area contributed by atoms with E-state index in [0.717, 1.165) is 0 Å². The van der Waals surface area contributed by atoms with Crippen molar-refractivity contribution in [1.82, 2.24) is 19.5 Å². The Labute approximate surface area is 144 Å². The zero-order valence-corrected chi connectivity index (χ0v) is 14.2. The van der Waals surface area contributed by atoms with Gasteiger partial charge < -0.3 is 15.4 Å². The lowest BCUT2D eigenvalue weighted by Gasteiger charge is -2.06. The van der Waals surface area contributed by atoms with Crippen LogP contribution in [0.4, 0.5) is 10.2 Å². The van der Waals surface area contributed by atoms with E-state index >= 15 is 0 Å². The summed E-state index contributed by atoms with van der Waals surface area (Å²) >= 11 is 0. The van der Waals surface area contributed by atoms with Crippen molar-refractivity contribution in [2.45, 2.75) is 32.9 Å². The Morgan fingerprint density at radius 3 is 2.68 bits per heavy atom. The molecule has 0 radical (unpaired) electrons. The third-order valence-electron chi connectivity index (χ3n) is 3.50. The first kappa shape index (κ1) is 16.9. The van der Waals surface area contributed by atoms with Crippen LogP contribution < -0.4 is 5.73 Å². The number of rotatable bonds is 2. The van der Waals surface area contributed by atoms with E-state index in [1.807, 2.05) is 11.5 Å². The van der Waals surface area contributed by atoms with Crippen LogP contribution in [0.2, 0.25) is 0 Å². The molecule has 0 unspecified atom stereocenters. The SMILES string of the molecule is CCn1c(-c2cccc(F)c2)nc2c(N)nc(C#CC(C)(C)O)nc21. The largest absolute Gasteiger partial charge is 0.382 e. The van der Waals surface area contributed by atoms with Crippen molar-refractivity contribution in [1.29, 1.82) is 0 Å². The number of anilines is 1. The van der Waals surface area contributed by atoms with Gasteiger partial charge in [-0.05, 0) is 38.8 Å². The zero-order valence-electron chi connectivity index (χ0n) is 14.2. The quantitative estimate of drug-likeness (QED) is 0.700. The molecule has 2 heterocycles. The van der Waals surface area contributed by atoms with E-state index in [1.165, 1.54) is 12.1 Å². The van der Waals surface area contributed by atoms with E-state index in [2.05, 4.69) is 26.8 Å².